The fraction of sp³-hybridized carbons (Fsp3) is 0.222. The summed E-state index contributed by atoms with van der Waals surface area (Å²) in [4.78, 5) is 23.2. The second kappa shape index (κ2) is 8.48. The lowest BCUT2D eigenvalue weighted by molar-refractivity contribution is -0.116. The van der Waals surface area contributed by atoms with E-state index in [1.165, 1.54) is 26.2 Å². The minimum Gasteiger partial charge on any atom is -0.494 e. The van der Waals surface area contributed by atoms with Gasteiger partial charge in [0.05, 0.1) is 17.8 Å². The van der Waals surface area contributed by atoms with Crippen molar-refractivity contribution in [3.8, 4) is 5.75 Å². The molecule has 0 aliphatic heterocycles. The third-order valence-electron chi connectivity index (χ3n) is 3.42. The average Bonchev–Trinajstić information content (AvgIpc) is 2.56. The first-order valence-corrected chi connectivity index (χ1v) is 7.96. The number of halogens is 2. The number of hydrogen-bond donors (Lipinski definition) is 2. The Hall–Kier alpha value is -2.60. The van der Waals surface area contributed by atoms with Gasteiger partial charge in [-0.05, 0) is 42.3 Å². The minimum absolute atomic E-state index is 0.167. The van der Waals surface area contributed by atoms with E-state index in [4.69, 9.17) is 16.3 Å². The Morgan fingerprint density at radius 3 is 2.56 bits per heavy atom. The predicted molar refractivity (Wildman–Crippen MR) is 95.7 cm³/mol. The van der Waals surface area contributed by atoms with Gasteiger partial charge in [-0.1, -0.05) is 17.7 Å². The lowest BCUT2D eigenvalue weighted by atomic mass is 10.1. The molecule has 0 atom stereocenters. The summed E-state index contributed by atoms with van der Waals surface area (Å²) >= 11 is 5.98. The number of amides is 2. The summed E-state index contributed by atoms with van der Waals surface area (Å²) in [5, 5.41) is 5.69. The maximum Gasteiger partial charge on any atom is 0.224 e. The smallest absolute Gasteiger partial charge is 0.224 e. The van der Waals surface area contributed by atoms with Crippen LogP contribution >= 0.6 is 11.6 Å². The molecule has 0 aromatic heterocycles. The normalized spacial score (nSPS) is 10.2. The zero-order chi connectivity index (χ0) is 18.4. The molecule has 0 saturated carbocycles. The summed E-state index contributed by atoms with van der Waals surface area (Å²) in [6.45, 7) is 1.37. The van der Waals surface area contributed by atoms with E-state index < -0.39 is 5.82 Å². The quantitative estimate of drug-likeness (QED) is 0.813. The molecule has 2 aromatic carbocycles. The van der Waals surface area contributed by atoms with Crippen LogP contribution in [-0.2, 0) is 16.0 Å². The zero-order valence-electron chi connectivity index (χ0n) is 13.9. The fourth-order valence-electron chi connectivity index (χ4n) is 2.24. The summed E-state index contributed by atoms with van der Waals surface area (Å²) in [6.07, 6.45) is 0.572. The van der Waals surface area contributed by atoms with Gasteiger partial charge in [0, 0.05) is 19.0 Å². The molecule has 132 valence electrons. The molecule has 0 spiro atoms. The summed E-state index contributed by atoms with van der Waals surface area (Å²) < 4.78 is 18.5. The van der Waals surface area contributed by atoms with Crippen molar-refractivity contribution in [2.45, 2.75) is 19.8 Å². The maximum absolute atomic E-state index is 13.6. The van der Waals surface area contributed by atoms with Gasteiger partial charge in [-0.3, -0.25) is 9.59 Å². The van der Waals surface area contributed by atoms with Crippen molar-refractivity contribution in [2.75, 3.05) is 17.7 Å². The highest BCUT2D eigenvalue weighted by Gasteiger charge is 2.09. The predicted octanol–water partition coefficient (Wildman–Crippen LogP) is 4.02. The number of hydrogen-bond acceptors (Lipinski definition) is 3. The third-order valence-corrected chi connectivity index (χ3v) is 3.75. The molecule has 5 nitrogen and oxygen atoms in total. The first-order chi connectivity index (χ1) is 11.9. The van der Waals surface area contributed by atoms with Crippen molar-refractivity contribution in [1.82, 2.24) is 0 Å². The number of anilines is 2. The van der Waals surface area contributed by atoms with Crippen molar-refractivity contribution in [1.29, 1.82) is 0 Å². The number of carbonyl (C=O) groups excluding carboxylic acids is 2. The summed E-state index contributed by atoms with van der Waals surface area (Å²) in [5.74, 6) is -0.780. The van der Waals surface area contributed by atoms with E-state index in [0.717, 1.165) is 0 Å². The van der Waals surface area contributed by atoms with Crippen molar-refractivity contribution < 1.29 is 18.7 Å². The van der Waals surface area contributed by atoms with Crippen molar-refractivity contribution in [3.05, 3.63) is 52.8 Å². The molecule has 7 heteroatoms. The van der Waals surface area contributed by atoms with Gasteiger partial charge in [-0.2, -0.15) is 0 Å². The minimum atomic E-state index is -0.460. The van der Waals surface area contributed by atoms with Gasteiger partial charge in [0.2, 0.25) is 11.8 Å². The second-order valence-corrected chi connectivity index (χ2v) is 5.80. The highest BCUT2D eigenvalue weighted by atomic mass is 35.5. The molecule has 2 N–H and O–H groups in total. The van der Waals surface area contributed by atoms with Crippen molar-refractivity contribution >= 4 is 34.8 Å². The molecule has 0 unspecified atom stereocenters. The molecule has 0 heterocycles. The van der Waals surface area contributed by atoms with Gasteiger partial charge in [0.15, 0.2) is 11.6 Å². The second-order valence-electron chi connectivity index (χ2n) is 5.39. The van der Waals surface area contributed by atoms with E-state index >= 15 is 0 Å². The molecule has 0 bridgehead atoms. The van der Waals surface area contributed by atoms with Gasteiger partial charge in [0.25, 0.3) is 0 Å². The summed E-state index contributed by atoms with van der Waals surface area (Å²) in [5.41, 5.74) is 1.63. The standard InChI is InChI=1S/C18H18ClFN2O3/c1-11(23)21-16-10-13(5-6-14(16)19)22-18(24)8-4-12-3-7-17(25-2)15(20)9-12/h3,5-7,9-10H,4,8H2,1-2H3,(H,21,23)(H,22,24). The van der Waals surface area contributed by atoms with Crippen LogP contribution in [0, 0.1) is 5.82 Å². The summed E-state index contributed by atoms with van der Waals surface area (Å²) in [6, 6.07) is 9.39. The van der Waals surface area contributed by atoms with Crippen LogP contribution in [0.4, 0.5) is 15.8 Å². The molecular weight excluding hydrogens is 347 g/mol. The van der Waals surface area contributed by atoms with E-state index in [0.29, 0.717) is 28.4 Å². The van der Waals surface area contributed by atoms with E-state index in [-0.39, 0.29) is 24.0 Å². The van der Waals surface area contributed by atoms with Crippen LogP contribution in [-0.4, -0.2) is 18.9 Å². The number of rotatable bonds is 6. The molecular formula is C18H18ClFN2O3. The first kappa shape index (κ1) is 18.7. The van der Waals surface area contributed by atoms with Crippen LogP contribution in [0.3, 0.4) is 0 Å². The molecule has 2 rings (SSSR count). The van der Waals surface area contributed by atoms with Crippen LogP contribution in [0.2, 0.25) is 5.02 Å². The Balaban J connectivity index is 1.96. The van der Waals surface area contributed by atoms with Crippen LogP contribution in [0.25, 0.3) is 0 Å². The Bertz CT molecular complexity index is 796. The molecule has 2 amide bonds. The topological polar surface area (TPSA) is 67.4 Å². The molecule has 0 aliphatic rings. The average molecular weight is 365 g/mol. The van der Waals surface area contributed by atoms with Crippen LogP contribution in [0.1, 0.15) is 18.9 Å². The fourth-order valence-corrected chi connectivity index (χ4v) is 2.40. The van der Waals surface area contributed by atoms with Crippen molar-refractivity contribution in [3.63, 3.8) is 0 Å². The number of methoxy groups -OCH3 is 1. The lowest BCUT2D eigenvalue weighted by Crippen LogP contribution is -2.13. The highest BCUT2D eigenvalue weighted by Crippen LogP contribution is 2.25. The number of nitrogens with one attached hydrogen (secondary N) is 2. The van der Waals surface area contributed by atoms with E-state index in [1.807, 2.05) is 0 Å². The zero-order valence-corrected chi connectivity index (χ0v) is 14.6. The molecule has 25 heavy (non-hydrogen) atoms. The number of aryl methyl sites for hydroxylation is 1. The number of benzene rings is 2. The van der Waals surface area contributed by atoms with Gasteiger partial charge in [-0.25, -0.2) is 4.39 Å². The van der Waals surface area contributed by atoms with Crippen LogP contribution in [0.15, 0.2) is 36.4 Å². The lowest BCUT2D eigenvalue weighted by Gasteiger charge is -2.10. The van der Waals surface area contributed by atoms with Gasteiger partial charge in [-0.15, -0.1) is 0 Å². The van der Waals surface area contributed by atoms with Gasteiger partial charge < -0.3 is 15.4 Å². The number of carbonyl (C=O) groups is 2. The monoisotopic (exact) mass is 364 g/mol. The molecule has 2 aromatic rings. The molecule has 0 fully saturated rings. The summed E-state index contributed by atoms with van der Waals surface area (Å²) in [7, 11) is 1.40. The first-order valence-electron chi connectivity index (χ1n) is 7.58. The largest absolute Gasteiger partial charge is 0.494 e. The van der Waals surface area contributed by atoms with Gasteiger partial charge in [0.1, 0.15) is 0 Å². The third kappa shape index (κ3) is 5.46. The highest BCUT2D eigenvalue weighted by molar-refractivity contribution is 6.33. The Morgan fingerprint density at radius 2 is 1.92 bits per heavy atom. The number of ether oxygens (including phenoxy) is 1. The SMILES string of the molecule is COc1ccc(CCC(=O)Nc2ccc(Cl)c(NC(C)=O)c2)cc1F. The Morgan fingerprint density at radius 1 is 1.16 bits per heavy atom. The molecule has 0 aliphatic carbocycles. The Kier molecular flexibility index (Phi) is 6.36. The van der Waals surface area contributed by atoms with Crippen LogP contribution < -0.4 is 15.4 Å². The van der Waals surface area contributed by atoms with E-state index in [9.17, 15) is 14.0 Å². The molecule has 0 radical (unpaired) electrons. The molecule has 0 saturated heterocycles. The van der Waals surface area contributed by atoms with Crippen LogP contribution in [0.5, 0.6) is 5.75 Å². The van der Waals surface area contributed by atoms with E-state index in [1.54, 1.807) is 24.3 Å². The van der Waals surface area contributed by atoms with Crippen molar-refractivity contribution in [2.24, 2.45) is 0 Å². The van der Waals surface area contributed by atoms with E-state index in [2.05, 4.69) is 10.6 Å². The maximum atomic E-state index is 13.6. The van der Waals surface area contributed by atoms with Gasteiger partial charge >= 0.3 is 0 Å². The Labute approximate surface area is 150 Å².